The van der Waals surface area contributed by atoms with Crippen LogP contribution in [0.1, 0.15) is 10.4 Å². The summed E-state index contributed by atoms with van der Waals surface area (Å²) in [5.74, 6) is 0.0737. The number of ether oxygens (including phenoxy) is 1. The molecule has 0 saturated carbocycles. The number of carbonyl (C=O) groups is 2. The second-order valence-corrected chi connectivity index (χ2v) is 4.14. The number of amides is 1. The zero-order chi connectivity index (χ0) is 13.7. The van der Waals surface area contributed by atoms with Gasteiger partial charge in [0.2, 0.25) is 0 Å². The molecule has 0 saturated heterocycles. The molecule has 1 N–H and O–H groups in total. The van der Waals surface area contributed by atoms with Gasteiger partial charge in [0.05, 0.1) is 0 Å². The van der Waals surface area contributed by atoms with Crippen LogP contribution in [-0.2, 0) is 4.79 Å². The van der Waals surface area contributed by atoms with Gasteiger partial charge < -0.3 is 10.1 Å². The summed E-state index contributed by atoms with van der Waals surface area (Å²) < 4.78 is 4.70. The highest BCUT2D eigenvalue weighted by molar-refractivity contribution is 6.31. The lowest BCUT2D eigenvalue weighted by atomic mass is 10.2. The Morgan fingerprint density at radius 2 is 1.95 bits per heavy atom. The van der Waals surface area contributed by atoms with Crippen LogP contribution in [0.4, 0.5) is 5.69 Å². The number of nitrogens with one attached hydrogen (secondary N) is 1. The van der Waals surface area contributed by atoms with E-state index in [-0.39, 0.29) is 5.91 Å². The molecule has 0 fully saturated rings. The summed E-state index contributed by atoms with van der Waals surface area (Å²) in [4.78, 5) is 22.2. The van der Waals surface area contributed by atoms with E-state index in [0.717, 1.165) is 0 Å². The van der Waals surface area contributed by atoms with Crippen molar-refractivity contribution in [2.24, 2.45) is 0 Å². The molecule has 0 aliphatic carbocycles. The summed E-state index contributed by atoms with van der Waals surface area (Å²) in [6, 6.07) is 13.2. The number of carbonyl (C=O) groups excluding carboxylic acids is 2. The topological polar surface area (TPSA) is 55.4 Å². The lowest BCUT2D eigenvalue weighted by Crippen LogP contribution is -2.11. The van der Waals surface area contributed by atoms with Gasteiger partial charge in [-0.05, 0) is 30.3 Å². The Balaban J connectivity index is 2.14. The minimum absolute atomic E-state index is 0.286. The Kier molecular flexibility index (Phi) is 4.15. The van der Waals surface area contributed by atoms with Gasteiger partial charge in [-0.15, -0.1) is 0 Å². The molecule has 2 aromatic rings. The Labute approximate surface area is 115 Å². The third-order valence-corrected chi connectivity index (χ3v) is 2.60. The Morgan fingerprint density at radius 3 is 2.68 bits per heavy atom. The zero-order valence-electron chi connectivity index (χ0n) is 9.80. The van der Waals surface area contributed by atoms with Gasteiger partial charge >= 0.3 is 0 Å². The normalized spacial score (nSPS) is 9.74. The number of anilines is 1. The first-order valence-corrected chi connectivity index (χ1v) is 5.84. The third-order valence-electron chi connectivity index (χ3n) is 2.36. The first-order chi connectivity index (χ1) is 9.19. The predicted molar refractivity (Wildman–Crippen MR) is 72.5 cm³/mol. The lowest BCUT2D eigenvalue weighted by molar-refractivity contribution is -0.120. The van der Waals surface area contributed by atoms with Crippen molar-refractivity contribution in [1.29, 1.82) is 0 Å². The molecule has 2 rings (SSSR count). The van der Waals surface area contributed by atoms with E-state index in [1.54, 1.807) is 48.5 Å². The molecule has 0 radical (unpaired) electrons. The van der Waals surface area contributed by atoms with Crippen LogP contribution in [0.5, 0.6) is 5.75 Å². The highest BCUT2D eigenvalue weighted by atomic mass is 35.5. The van der Waals surface area contributed by atoms with Crippen molar-refractivity contribution in [3.63, 3.8) is 0 Å². The summed E-state index contributed by atoms with van der Waals surface area (Å²) >= 11 is 5.82. The van der Waals surface area contributed by atoms with Crippen LogP contribution >= 0.6 is 11.6 Å². The summed E-state index contributed by atoms with van der Waals surface area (Å²) in [7, 11) is 0. The minimum atomic E-state index is -0.286. The van der Waals surface area contributed by atoms with Gasteiger partial charge in [0, 0.05) is 22.3 Å². The van der Waals surface area contributed by atoms with Crippen LogP contribution in [0.3, 0.4) is 0 Å². The fraction of sp³-hybridized carbons (Fsp3) is 0. The fourth-order valence-electron chi connectivity index (χ4n) is 1.54. The second kappa shape index (κ2) is 6.02. The number of benzene rings is 2. The van der Waals surface area contributed by atoms with Crippen LogP contribution < -0.4 is 10.1 Å². The molecule has 0 heterocycles. The molecular formula is C14H10ClNO3. The van der Waals surface area contributed by atoms with Gasteiger partial charge in [-0.1, -0.05) is 23.7 Å². The second-order valence-electron chi connectivity index (χ2n) is 3.71. The molecule has 0 atom stereocenters. The zero-order valence-corrected chi connectivity index (χ0v) is 10.6. The molecular weight excluding hydrogens is 266 g/mol. The van der Waals surface area contributed by atoms with E-state index in [4.69, 9.17) is 16.3 Å². The summed E-state index contributed by atoms with van der Waals surface area (Å²) in [6.45, 7) is 0.331. The van der Waals surface area contributed by atoms with Crippen LogP contribution in [0.2, 0.25) is 5.02 Å². The SMILES string of the molecule is O=COc1cccc(NC(=O)c2cccc(Cl)c2)c1. The average molecular weight is 276 g/mol. The number of halogens is 1. The highest BCUT2D eigenvalue weighted by Gasteiger charge is 2.06. The van der Waals surface area contributed by atoms with E-state index < -0.39 is 0 Å². The molecule has 0 bridgehead atoms. The largest absolute Gasteiger partial charge is 0.429 e. The summed E-state index contributed by atoms with van der Waals surface area (Å²) in [5.41, 5.74) is 0.985. The third kappa shape index (κ3) is 3.56. The molecule has 2 aromatic carbocycles. The van der Waals surface area contributed by atoms with Gasteiger partial charge in [-0.25, -0.2) is 0 Å². The molecule has 1 amide bonds. The average Bonchev–Trinajstić information content (AvgIpc) is 2.39. The Hall–Kier alpha value is -2.33. The van der Waals surface area contributed by atoms with E-state index in [0.29, 0.717) is 28.5 Å². The summed E-state index contributed by atoms with van der Waals surface area (Å²) in [5, 5.41) is 3.18. The fourth-order valence-corrected chi connectivity index (χ4v) is 1.73. The van der Waals surface area contributed by atoms with Crippen LogP contribution in [0.25, 0.3) is 0 Å². The molecule has 0 spiro atoms. The first kappa shape index (κ1) is 13.1. The van der Waals surface area contributed by atoms with E-state index in [1.165, 1.54) is 0 Å². The van der Waals surface area contributed by atoms with Crippen molar-refractivity contribution < 1.29 is 14.3 Å². The maximum atomic E-state index is 12.0. The molecule has 0 aliphatic heterocycles. The minimum Gasteiger partial charge on any atom is -0.429 e. The van der Waals surface area contributed by atoms with Crippen LogP contribution in [0, 0.1) is 0 Å². The molecule has 19 heavy (non-hydrogen) atoms. The van der Waals surface area contributed by atoms with E-state index in [2.05, 4.69) is 5.32 Å². The van der Waals surface area contributed by atoms with Gasteiger partial charge in [0.25, 0.3) is 12.4 Å². The highest BCUT2D eigenvalue weighted by Crippen LogP contribution is 2.18. The van der Waals surface area contributed by atoms with Crippen molar-refractivity contribution in [3.8, 4) is 5.75 Å². The predicted octanol–water partition coefficient (Wildman–Crippen LogP) is 3.13. The standard InChI is InChI=1S/C14H10ClNO3/c15-11-4-1-3-10(7-11)14(18)16-12-5-2-6-13(8-12)19-9-17/h1-9H,(H,16,18). The van der Waals surface area contributed by atoms with Gasteiger partial charge in [0.15, 0.2) is 0 Å². The van der Waals surface area contributed by atoms with Crippen LogP contribution in [-0.4, -0.2) is 12.4 Å². The quantitative estimate of drug-likeness (QED) is 0.872. The summed E-state index contributed by atoms with van der Waals surface area (Å²) in [6.07, 6.45) is 0. The van der Waals surface area contributed by atoms with Crippen molar-refractivity contribution in [2.45, 2.75) is 0 Å². The van der Waals surface area contributed by atoms with E-state index in [1.807, 2.05) is 0 Å². The number of rotatable bonds is 4. The van der Waals surface area contributed by atoms with Gasteiger partial charge in [-0.3, -0.25) is 9.59 Å². The van der Waals surface area contributed by atoms with Crippen molar-refractivity contribution in [1.82, 2.24) is 0 Å². The molecule has 0 aromatic heterocycles. The maximum Gasteiger partial charge on any atom is 0.298 e. The van der Waals surface area contributed by atoms with Crippen molar-refractivity contribution >= 4 is 29.7 Å². The van der Waals surface area contributed by atoms with E-state index >= 15 is 0 Å². The van der Waals surface area contributed by atoms with Gasteiger partial charge in [-0.2, -0.15) is 0 Å². The lowest BCUT2D eigenvalue weighted by Gasteiger charge is -2.06. The number of hydrogen-bond donors (Lipinski definition) is 1. The van der Waals surface area contributed by atoms with Crippen LogP contribution in [0.15, 0.2) is 48.5 Å². The molecule has 96 valence electrons. The monoisotopic (exact) mass is 275 g/mol. The van der Waals surface area contributed by atoms with Crippen molar-refractivity contribution in [3.05, 3.63) is 59.1 Å². The van der Waals surface area contributed by atoms with Gasteiger partial charge in [0.1, 0.15) is 5.75 Å². The smallest absolute Gasteiger partial charge is 0.298 e. The molecule has 5 heteroatoms. The Bertz CT molecular complexity index is 613. The number of hydrogen-bond acceptors (Lipinski definition) is 3. The molecule has 4 nitrogen and oxygen atoms in total. The van der Waals surface area contributed by atoms with E-state index in [9.17, 15) is 9.59 Å². The molecule has 0 unspecified atom stereocenters. The van der Waals surface area contributed by atoms with Crippen molar-refractivity contribution in [2.75, 3.05) is 5.32 Å². The first-order valence-electron chi connectivity index (χ1n) is 5.46. The molecule has 0 aliphatic rings. The maximum absolute atomic E-state index is 12.0. The Morgan fingerprint density at radius 1 is 1.16 bits per heavy atom.